The van der Waals surface area contributed by atoms with Crippen LogP contribution in [0.4, 0.5) is 17.2 Å². The van der Waals surface area contributed by atoms with E-state index in [0.29, 0.717) is 22.9 Å². The number of nitrogens with one attached hydrogen (secondary N) is 2. The number of amides is 1. The van der Waals surface area contributed by atoms with Crippen LogP contribution in [-0.2, 0) is 0 Å². The molecule has 0 saturated heterocycles. The summed E-state index contributed by atoms with van der Waals surface area (Å²) in [6.45, 7) is 1.87. The molecule has 0 spiro atoms. The summed E-state index contributed by atoms with van der Waals surface area (Å²) in [5.74, 6) is 1.23. The molecule has 5 aromatic rings. The van der Waals surface area contributed by atoms with Crippen molar-refractivity contribution in [2.75, 3.05) is 10.6 Å². The molecule has 5 heteroatoms. The van der Waals surface area contributed by atoms with Crippen molar-refractivity contribution in [1.82, 2.24) is 9.97 Å². The van der Waals surface area contributed by atoms with Crippen LogP contribution in [0.1, 0.15) is 16.2 Å². The lowest BCUT2D eigenvalue weighted by Crippen LogP contribution is -2.12. The molecule has 5 nitrogen and oxygen atoms in total. The van der Waals surface area contributed by atoms with Gasteiger partial charge in [0.25, 0.3) is 5.91 Å². The zero-order chi connectivity index (χ0) is 22.6. The number of fused-ring (bicyclic) bond motifs is 1. The Bertz CT molecular complexity index is 1440. The Morgan fingerprint density at radius 1 is 0.727 bits per heavy atom. The number of carbonyl (C=O) groups is 1. The number of hydrogen-bond acceptors (Lipinski definition) is 4. The van der Waals surface area contributed by atoms with Gasteiger partial charge < -0.3 is 10.6 Å². The van der Waals surface area contributed by atoms with Gasteiger partial charge in [0.2, 0.25) is 0 Å². The first-order valence-corrected chi connectivity index (χ1v) is 10.7. The molecule has 0 radical (unpaired) electrons. The van der Waals surface area contributed by atoms with Crippen LogP contribution >= 0.6 is 0 Å². The summed E-state index contributed by atoms with van der Waals surface area (Å²) in [5, 5.41) is 8.31. The van der Waals surface area contributed by atoms with Crippen molar-refractivity contribution in [1.29, 1.82) is 0 Å². The second-order valence-electron chi connectivity index (χ2n) is 7.74. The molecule has 4 aromatic carbocycles. The highest BCUT2D eigenvalue weighted by Gasteiger charge is 2.11. The second-order valence-corrected chi connectivity index (χ2v) is 7.74. The van der Waals surface area contributed by atoms with Crippen LogP contribution in [0.2, 0.25) is 0 Å². The van der Waals surface area contributed by atoms with Gasteiger partial charge in [-0.05, 0) is 42.0 Å². The fourth-order valence-corrected chi connectivity index (χ4v) is 3.83. The van der Waals surface area contributed by atoms with Crippen molar-refractivity contribution in [3.05, 3.63) is 115 Å². The van der Waals surface area contributed by atoms with E-state index in [1.807, 2.05) is 110 Å². The van der Waals surface area contributed by atoms with E-state index >= 15 is 0 Å². The Morgan fingerprint density at radius 3 is 2.33 bits per heavy atom. The molecule has 0 unspecified atom stereocenters. The van der Waals surface area contributed by atoms with Crippen LogP contribution in [0.5, 0.6) is 0 Å². The lowest BCUT2D eigenvalue weighted by molar-refractivity contribution is 0.102. The number of hydrogen-bond donors (Lipinski definition) is 2. The normalized spacial score (nSPS) is 10.7. The number of aryl methyl sites for hydroxylation is 1. The number of carbonyl (C=O) groups excluding carboxylic acids is 1. The van der Waals surface area contributed by atoms with Gasteiger partial charge in [-0.25, -0.2) is 9.97 Å². The van der Waals surface area contributed by atoms with Gasteiger partial charge in [-0.15, -0.1) is 0 Å². The van der Waals surface area contributed by atoms with Crippen molar-refractivity contribution < 1.29 is 4.79 Å². The first kappa shape index (κ1) is 20.4. The minimum Gasteiger partial charge on any atom is -0.340 e. The summed E-state index contributed by atoms with van der Waals surface area (Å²) in [6, 6.07) is 33.1. The third-order valence-corrected chi connectivity index (χ3v) is 5.33. The van der Waals surface area contributed by atoms with Crippen LogP contribution < -0.4 is 10.6 Å². The SMILES string of the molecule is Cc1nc(Nc2cccc(NC(=O)c3cccc4ccccc34)c2)cc(-c2ccccc2)n1. The van der Waals surface area contributed by atoms with Crippen LogP contribution in [0.15, 0.2) is 103 Å². The fourth-order valence-electron chi connectivity index (χ4n) is 3.83. The number of benzene rings is 4. The molecule has 0 fully saturated rings. The average Bonchev–Trinajstić information content (AvgIpc) is 2.84. The number of anilines is 3. The van der Waals surface area contributed by atoms with Crippen molar-refractivity contribution in [3.63, 3.8) is 0 Å². The van der Waals surface area contributed by atoms with Crippen molar-refractivity contribution in [2.24, 2.45) is 0 Å². The first-order valence-electron chi connectivity index (χ1n) is 10.7. The van der Waals surface area contributed by atoms with Gasteiger partial charge >= 0.3 is 0 Å². The van der Waals surface area contributed by atoms with Crippen molar-refractivity contribution >= 4 is 33.9 Å². The predicted molar refractivity (Wildman–Crippen MR) is 134 cm³/mol. The summed E-state index contributed by atoms with van der Waals surface area (Å²) >= 11 is 0. The lowest BCUT2D eigenvalue weighted by atomic mass is 10.0. The van der Waals surface area contributed by atoms with Gasteiger partial charge in [0.1, 0.15) is 11.6 Å². The fraction of sp³-hybridized carbons (Fsp3) is 0.0357. The molecule has 33 heavy (non-hydrogen) atoms. The maximum absolute atomic E-state index is 13.0. The summed E-state index contributed by atoms with van der Waals surface area (Å²) in [5.41, 5.74) is 4.05. The molecule has 0 saturated carbocycles. The molecule has 0 aliphatic rings. The molecule has 0 atom stereocenters. The molecule has 1 heterocycles. The monoisotopic (exact) mass is 430 g/mol. The molecular formula is C28H22N4O. The zero-order valence-electron chi connectivity index (χ0n) is 18.1. The van der Waals surface area contributed by atoms with Crippen LogP contribution in [-0.4, -0.2) is 15.9 Å². The molecule has 0 aliphatic heterocycles. The topological polar surface area (TPSA) is 66.9 Å². The third-order valence-electron chi connectivity index (χ3n) is 5.33. The number of nitrogens with zero attached hydrogens (tertiary/aromatic N) is 2. The highest BCUT2D eigenvalue weighted by molar-refractivity contribution is 6.13. The Morgan fingerprint density at radius 2 is 1.45 bits per heavy atom. The van der Waals surface area contributed by atoms with E-state index in [0.717, 1.165) is 27.7 Å². The van der Waals surface area contributed by atoms with Gasteiger partial charge in [-0.3, -0.25) is 4.79 Å². The van der Waals surface area contributed by atoms with E-state index in [2.05, 4.69) is 20.6 Å². The van der Waals surface area contributed by atoms with E-state index in [9.17, 15) is 4.79 Å². The highest BCUT2D eigenvalue weighted by atomic mass is 16.1. The molecule has 160 valence electrons. The van der Waals surface area contributed by atoms with E-state index in [1.54, 1.807) is 0 Å². The predicted octanol–water partition coefficient (Wildman–Crippen LogP) is 6.60. The Balaban J connectivity index is 1.38. The minimum atomic E-state index is -0.145. The van der Waals surface area contributed by atoms with Gasteiger partial charge in [0.05, 0.1) is 5.69 Å². The molecular weight excluding hydrogens is 408 g/mol. The summed E-state index contributed by atoms with van der Waals surface area (Å²) in [4.78, 5) is 22.1. The molecule has 0 aliphatic carbocycles. The van der Waals surface area contributed by atoms with Crippen LogP contribution in [0.3, 0.4) is 0 Å². The van der Waals surface area contributed by atoms with E-state index in [4.69, 9.17) is 0 Å². The number of aromatic nitrogens is 2. The third kappa shape index (κ3) is 4.57. The first-order chi connectivity index (χ1) is 16.2. The maximum atomic E-state index is 13.0. The van der Waals surface area contributed by atoms with E-state index in [-0.39, 0.29) is 5.91 Å². The zero-order valence-corrected chi connectivity index (χ0v) is 18.1. The molecule has 1 amide bonds. The second kappa shape index (κ2) is 8.93. The molecule has 0 bridgehead atoms. The smallest absolute Gasteiger partial charge is 0.256 e. The van der Waals surface area contributed by atoms with Crippen LogP contribution in [0.25, 0.3) is 22.0 Å². The molecule has 1 aromatic heterocycles. The van der Waals surface area contributed by atoms with E-state index < -0.39 is 0 Å². The van der Waals surface area contributed by atoms with Gasteiger partial charge in [0.15, 0.2) is 0 Å². The average molecular weight is 431 g/mol. The largest absolute Gasteiger partial charge is 0.340 e. The van der Waals surface area contributed by atoms with E-state index in [1.165, 1.54) is 0 Å². The summed E-state index contributed by atoms with van der Waals surface area (Å²) in [6.07, 6.45) is 0. The van der Waals surface area contributed by atoms with Gasteiger partial charge in [-0.1, -0.05) is 72.8 Å². The quantitative estimate of drug-likeness (QED) is 0.330. The molecule has 2 N–H and O–H groups in total. The minimum absolute atomic E-state index is 0.145. The highest BCUT2D eigenvalue weighted by Crippen LogP contribution is 2.25. The Labute approximate surface area is 192 Å². The lowest BCUT2D eigenvalue weighted by Gasteiger charge is -2.12. The summed E-state index contributed by atoms with van der Waals surface area (Å²) in [7, 11) is 0. The standard InChI is InChI=1S/C28H22N4O/c1-19-29-26(21-10-3-2-4-11-21)18-27(30-19)31-22-13-8-14-23(17-22)32-28(33)25-16-7-12-20-9-5-6-15-24(20)25/h2-18H,1H3,(H,32,33)(H,29,30,31). The van der Waals surface area contributed by atoms with Crippen LogP contribution in [0, 0.1) is 6.92 Å². The Hall–Kier alpha value is -4.51. The maximum Gasteiger partial charge on any atom is 0.256 e. The summed E-state index contributed by atoms with van der Waals surface area (Å²) < 4.78 is 0. The molecule has 5 rings (SSSR count). The Kier molecular flexibility index (Phi) is 5.52. The van der Waals surface area contributed by atoms with Crippen molar-refractivity contribution in [2.45, 2.75) is 6.92 Å². The van der Waals surface area contributed by atoms with Crippen molar-refractivity contribution in [3.8, 4) is 11.3 Å². The number of rotatable bonds is 5. The van der Waals surface area contributed by atoms with Gasteiger partial charge in [-0.2, -0.15) is 0 Å². The van der Waals surface area contributed by atoms with Gasteiger partial charge in [0, 0.05) is 28.6 Å².